The zero-order chi connectivity index (χ0) is 15.0. The molecule has 114 valence electrons. The van der Waals surface area contributed by atoms with E-state index in [0.717, 1.165) is 24.0 Å². The van der Waals surface area contributed by atoms with Gasteiger partial charge in [0.15, 0.2) is 0 Å². The van der Waals surface area contributed by atoms with Gasteiger partial charge in [-0.1, -0.05) is 56.7 Å². The van der Waals surface area contributed by atoms with Crippen LogP contribution in [0.3, 0.4) is 0 Å². The second kappa shape index (κ2) is 8.42. The number of unbranched alkanes of at least 4 members (excludes halogenated alkanes) is 5. The molecular formula is C16H27NO2S. The van der Waals surface area contributed by atoms with E-state index in [0.29, 0.717) is 11.4 Å². The van der Waals surface area contributed by atoms with E-state index in [-0.39, 0.29) is 0 Å². The molecule has 0 amide bonds. The Hall–Kier alpha value is -0.870. The van der Waals surface area contributed by atoms with Crippen molar-refractivity contribution >= 4 is 10.0 Å². The number of rotatable bonds is 9. The van der Waals surface area contributed by atoms with E-state index in [9.17, 15) is 8.42 Å². The van der Waals surface area contributed by atoms with Crippen molar-refractivity contribution in [3.63, 3.8) is 0 Å². The van der Waals surface area contributed by atoms with E-state index in [2.05, 4.69) is 11.6 Å². The zero-order valence-corrected chi connectivity index (χ0v) is 13.7. The number of benzene rings is 1. The van der Waals surface area contributed by atoms with Gasteiger partial charge >= 0.3 is 0 Å². The molecule has 1 aromatic rings. The SMILES string of the molecule is CCCCCCCCNS(=O)(=O)c1ccc(C)cc1C. The summed E-state index contributed by atoms with van der Waals surface area (Å²) in [5.74, 6) is 0. The lowest BCUT2D eigenvalue weighted by molar-refractivity contribution is 0.567. The minimum Gasteiger partial charge on any atom is -0.211 e. The molecule has 0 saturated heterocycles. The fourth-order valence-electron chi connectivity index (χ4n) is 2.29. The number of hydrogen-bond donors (Lipinski definition) is 1. The molecule has 20 heavy (non-hydrogen) atoms. The monoisotopic (exact) mass is 297 g/mol. The fourth-order valence-corrected chi connectivity index (χ4v) is 3.59. The molecule has 0 bridgehead atoms. The van der Waals surface area contributed by atoms with Crippen LogP contribution in [0.15, 0.2) is 23.1 Å². The summed E-state index contributed by atoms with van der Waals surface area (Å²) in [5.41, 5.74) is 1.89. The van der Waals surface area contributed by atoms with Gasteiger partial charge in [0.05, 0.1) is 4.90 Å². The van der Waals surface area contributed by atoms with Crippen LogP contribution in [0.2, 0.25) is 0 Å². The molecule has 0 saturated carbocycles. The van der Waals surface area contributed by atoms with Crippen LogP contribution in [-0.2, 0) is 10.0 Å². The molecule has 0 aromatic heterocycles. The quantitative estimate of drug-likeness (QED) is 0.702. The summed E-state index contributed by atoms with van der Waals surface area (Å²) in [6.45, 7) is 6.53. The van der Waals surface area contributed by atoms with Crippen molar-refractivity contribution in [1.29, 1.82) is 0 Å². The average Bonchev–Trinajstić information content (AvgIpc) is 2.37. The third-order valence-corrected chi connectivity index (χ3v) is 5.06. The van der Waals surface area contributed by atoms with Gasteiger partial charge in [-0.2, -0.15) is 0 Å². The van der Waals surface area contributed by atoms with E-state index in [4.69, 9.17) is 0 Å². The van der Waals surface area contributed by atoms with Gasteiger partial charge in [-0.15, -0.1) is 0 Å². The maximum absolute atomic E-state index is 12.2. The Morgan fingerprint density at radius 3 is 2.30 bits per heavy atom. The van der Waals surface area contributed by atoms with Crippen LogP contribution in [0.4, 0.5) is 0 Å². The van der Waals surface area contributed by atoms with Crippen LogP contribution in [0.1, 0.15) is 56.6 Å². The highest BCUT2D eigenvalue weighted by Crippen LogP contribution is 2.16. The Morgan fingerprint density at radius 2 is 1.65 bits per heavy atom. The summed E-state index contributed by atoms with van der Waals surface area (Å²) in [7, 11) is -3.36. The van der Waals surface area contributed by atoms with Crippen molar-refractivity contribution in [2.45, 2.75) is 64.2 Å². The molecule has 0 aliphatic rings. The maximum atomic E-state index is 12.2. The van der Waals surface area contributed by atoms with Crippen molar-refractivity contribution in [3.05, 3.63) is 29.3 Å². The number of sulfonamides is 1. The van der Waals surface area contributed by atoms with Gasteiger partial charge in [0.2, 0.25) is 10.0 Å². The van der Waals surface area contributed by atoms with Crippen LogP contribution < -0.4 is 4.72 Å². The largest absolute Gasteiger partial charge is 0.240 e. The Morgan fingerprint density at radius 1 is 1.00 bits per heavy atom. The van der Waals surface area contributed by atoms with E-state index in [1.165, 1.54) is 25.7 Å². The summed E-state index contributed by atoms with van der Waals surface area (Å²) >= 11 is 0. The van der Waals surface area contributed by atoms with Gasteiger partial charge in [0.25, 0.3) is 0 Å². The molecule has 0 atom stereocenters. The van der Waals surface area contributed by atoms with Crippen molar-refractivity contribution in [1.82, 2.24) is 4.72 Å². The number of hydrogen-bond acceptors (Lipinski definition) is 2. The second-order valence-electron chi connectivity index (χ2n) is 5.43. The van der Waals surface area contributed by atoms with E-state index in [1.54, 1.807) is 6.07 Å². The third-order valence-electron chi connectivity index (χ3n) is 3.44. The van der Waals surface area contributed by atoms with E-state index >= 15 is 0 Å². The molecule has 1 aromatic carbocycles. The zero-order valence-electron chi connectivity index (χ0n) is 12.9. The highest BCUT2D eigenvalue weighted by atomic mass is 32.2. The van der Waals surface area contributed by atoms with Crippen molar-refractivity contribution < 1.29 is 8.42 Å². The van der Waals surface area contributed by atoms with Crippen LogP contribution >= 0.6 is 0 Å². The molecular weight excluding hydrogens is 270 g/mol. The van der Waals surface area contributed by atoms with Crippen LogP contribution in [0.25, 0.3) is 0 Å². The Kier molecular flexibility index (Phi) is 7.24. The smallest absolute Gasteiger partial charge is 0.211 e. The first kappa shape index (κ1) is 17.2. The fraction of sp³-hybridized carbons (Fsp3) is 0.625. The van der Waals surface area contributed by atoms with Crippen LogP contribution in [-0.4, -0.2) is 15.0 Å². The molecule has 0 radical (unpaired) electrons. The standard InChI is InChI=1S/C16H27NO2S/c1-4-5-6-7-8-9-12-17-20(18,19)16-11-10-14(2)13-15(16)3/h10-11,13,17H,4-9,12H2,1-3H3. The lowest BCUT2D eigenvalue weighted by Gasteiger charge is -2.10. The summed E-state index contributed by atoms with van der Waals surface area (Å²) in [4.78, 5) is 0.397. The number of nitrogens with one attached hydrogen (secondary N) is 1. The highest BCUT2D eigenvalue weighted by molar-refractivity contribution is 7.89. The van der Waals surface area contributed by atoms with Crippen molar-refractivity contribution in [3.8, 4) is 0 Å². The van der Waals surface area contributed by atoms with Crippen LogP contribution in [0, 0.1) is 13.8 Å². The first-order chi connectivity index (χ1) is 9.47. The molecule has 0 fully saturated rings. The lowest BCUT2D eigenvalue weighted by Crippen LogP contribution is -2.25. The van der Waals surface area contributed by atoms with Gasteiger partial charge in [-0.05, 0) is 31.9 Å². The highest BCUT2D eigenvalue weighted by Gasteiger charge is 2.15. The molecule has 1 rings (SSSR count). The van der Waals surface area contributed by atoms with Crippen molar-refractivity contribution in [2.24, 2.45) is 0 Å². The van der Waals surface area contributed by atoms with Gasteiger partial charge in [0, 0.05) is 6.54 Å². The Labute approximate surface area is 123 Å². The molecule has 3 nitrogen and oxygen atoms in total. The maximum Gasteiger partial charge on any atom is 0.240 e. The van der Waals surface area contributed by atoms with E-state index in [1.807, 2.05) is 26.0 Å². The normalized spacial score (nSPS) is 11.8. The molecule has 0 heterocycles. The topological polar surface area (TPSA) is 46.2 Å². The van der Waals surface area contributed by atoms with Crippen molar-refractivity contribution in [2.75, 3.05) is 6.54 Å². The Balaban J connectivity index is 2.42. The first-order valence-electron chi connectivity index (χ1n) is 7.54. The molecule has 1 N–H and O–H groups in total. The molecule has 0 aliphatic heterocycles. The minimum atomic E-state index is -3.36. The summed E-state index contributed by atoms with van der Waals surface area (Å²) < 4.78 is 27.1. The van der Waals surface area contributed by atoms with E-state index < -0.39 is 10.0 Å². The van der Waals surface area contributed by atoms with Gasteiger partial charge in [-0.3, -0.25) is 0 Å². The summed E-state index contributed by atoms with van der Waals surface area (Å²) in [6.07, 6.45) is 6.95. The summed E-state index contributed by atoms with van der Waals surface area (Å²) in [5, 5.41) is 0. The molecule has 0 unspecified atom stereocenters. The minimum absolute atomic E-state index is 0.397. The van der Waals surface area contributed by atoms with Gasteiger partial charge in [-0.25, -0.2) is 13.1 Å². The number of aryl methyl sites for hydroxylation is 2. The average molecular weight is 297 g/mol. The second-order valence-corrected chi connectivity index (χ2v) is 7.17. The first-order valence-corrected chi connectivity index (χ1v) is 9.02. The molecule has 0 spiro atoms. The molecule has 0 aliphatic carbocycles. The Bertz CT molecular complexity index is 509. The van der Waals surface area contributed by atoms with Gasteiger partial charge in [0.1, 0.15) is 0 Å². The predicted molar refractivity (Wildman–Crippen MR) is 84.5 cm³/mol. The third kappa shape index (κ3) is 5.63. The van der Waals surface area contributed by atoms with Crippen LogP contribution in [0.5, 0.6) is 0 Å². The molecule has 4 heteroatoms. The lowest BCUT2D eigenvalue weighted by atomic mass is 10.1. The summed E-state index contributed by atoms with van der Waals surface area (Å²) in [6, 6.07) is 5.43. The van der Waals surface area contributed by atoms with Gasteiger partial charge < -0.3 is 0 Å². The predicted octanol–water partition coefficient (Wildman–Crippen LogP) is 3.94.